The number of ether oxygens (including phenoxy) is 1. The van der Waals surface area contributed by atoms with Crippen LogP contribution < -0.4 is 10.1 Å². The molecular weight excluding hydrogens is 382 g/mol. The van der Waals surface area contributed by atoms with Gasteiger partial charge in [-0.2, -0.15) is 15.5 Å². The summed E-state index contributed by atoms with van der Waals surface area (Å²) in [6.45, 7) is 3.26. The molecule has 5 heterocycles. The molecule has 2 aliphatic heterocycles. The topological polar surface area (TPSA) is 100 Å². The van der Waals surface area contributed by atoms with Crippen LogP contribution in [-0.4, -0.2) is 63.5 Å². The SMILES string of the molecule is COc1cc(-c2cnn(C3CN(C(=O)C4CCNCC4)C3)c2)cn2ncc(C#N)c12. The summed E-state index contributed by atoms with van der Waals surface area (Å²) in [7, 11) is 1.58. The first-order valence-corrected chi connectivity index (χ1v) is 10.2. The van der Waals surface area contributed by atoms with Gasteiger partial charge in [-0.05, 0) is 32.0 Å². The predicted octanol–water partition coefficient (Wildman–Crippen LogP) is 1.46. The van der Waals surface area contributed by atoms with Gasteiger partial charge < -0.3 is 15.0 Å². The number of nitrogens with zero attached hydrogens (tertiary/aromatic N) is 6. The number of pyridine rings is 1. The molecule has 0 saturated carbocycles. The molecule has 0 aromatic carbocycles. The van der Waals surface area contributed by atoms with E-state index >= 15 is 0 Å². The lowest BCUT2D eigenvalue weighted by Gasteiger charge is -2.41. The number of hydrogen-bond acceptors (Lipinski definition) is 6. The third kappa shape index (κ3) is 3.09. The van der Waals surface area contributed by atoms with Crippen molar-refractivity contribution in [3.63, 3.8) is 0 Å². The molecule has 154 valence electrons. The fourth-order valence-corrected chi connectivity index (χ4v) is 4.30. The summed E-state index contributed by atoms with van der Waals surface area (Å²) < 4.78 is 9.08. The van der Waals surface area contributed by atoms with Crippen molar-refractivity contribution in [2.45, 2.75) is 18.9 Å². The van der Waals surface area contributed by atoms with Gasteiger partial charge in [0.15, 0.2) is 0 Å². The number of carbonyl (C=O) groups is 1. The second kappa shape index (κ2) is 7.46. The minimum Gasteiger partial charge on any atom is -0.494 e. The molecule has 9 heteroatoms. The average Bonchev–Trinajstić information content (AvgIpc) is 3.39. The van der Waals surface area contributed by atoms with Crippen molar-refractivity contribution in [2.75, 3.05) is 33.3 Å². The maximum atomic E-state index is 12.6. The van der Waals surface area contributed by atoms with Crippen LogP contribution in [0.15, 0.2) is 30.9 Å². The molecule has 1 amide bonds. The highest BCUT2D eigenvalue weighted by Gasteiger charge is 2.36. The summed E-state index contributed by atoms with van der Waals surface area (Å²) in [5.41, 5.74) is 2.97. The summed E-state index contributed by atoms with van der Waals surface area (Å²) in [6.07, 6.45) is 9.06. The van der Waals surface area contributed by atoms with Crippen molar-refractivity contribution in [3.8, 4) is 22.9 Å². The molecule has 0 spiro atoms. The first-order chi connectivity index (χ1) is 14.7. The summed E-state index contributed by atoms with van der Waals surface area (Å²) in [5, 5.41) is 21.4. The molecular formula is C21H23N7O2. The van der Waals surface area contributed by atoms with Crippen molar-refractivity contribution >= 4 is 11.4 Å². The van der Waals surface area contributed by atoms with E-state index in [2.05, 4.69) is 21.6 Å². The van der Waals surface area contributed by atoms with E-state index in [4.69, 9.17) is 4.74 Å². The van der Waals surface area contributed by atoms with E-state index < -0.39 is 0 Å². The zero-order valence-corrected chi connectivity index (χ0v) is 16.8. The van der Waals surface area contributed by atoms with Crippen molar-refractivity contribution in [2.24, 2.45) is 5.92 Å². The summed E-state index contributed by atoms with van der Waals surface area (Å²) in [6, 6.07) is 4.23. The molecule has 0 atom stereocenters. The lowest BCUT2D eigenvalue weighted by atomic mass is 9.94. The van der Waals surface area contributed by atoms with Gasteiger partial charge in [0.05, 0.1) is 25.5 Å². The predicted molar refractivity (Wildman–Crippen MR) is 109 cm³/mol. The molecule has 9 nitrogen and oxygen atoms in total. The number of nitrogens with one attached hydrogen (secondary N) is 1. The monoisotopic (exact) mass is 405 g/mol. The van der Waals surface area contributed by atoms with Crippen LogP contribution in [0, 0.1) is 17.2 Å². The molecule has 5 rings (SSSR count). The van der Waals surface area contributed by atoms with Gasteiger partial charge in [0.2, 0.25) is 5.91 Å². The molecule has 1 N–H and O–H groups in total. The third-order valence-electron chi connectivity index (χ3n) is 6.09. The van der Waals surface area contributed by atoms with Crippen molar-refractivity contribution < 1.29 is 9.53 Å². The van der Waals surface area contributed by atoms with E-state index in [1.54, 1.807) is 11.6 Å². The van der Waals surface area contributed by atoms with E-state index in [1.165, 1.54) is 6.20 Å². The quantitative estimate of drug-likeness (QED) is 0.705. The van der Waals surface area contributed by atoms with E-state index in [9.17, 15) is 10.1 Å². The Labute approximate surface area is 173 Å². The van der Waals surface area contributed by atoms with Crippen LogP contribution in [0.5, 0.6) is 5.75 Å². The third-order valence-corrected chi connectivity index (χ3v) is 6.09. The van der Waals surface area contributed by atoms with E-state index in [1.807, 2.05) is 34.2 Å². The van der Waals surface area contributed by atoms with Gasteiger partial charge in [-0.1, -0.05) is 0 Å². The minimum absolute atomic E-state index is 0.159. The first-order valence-electron chi connectivity index (χ1n) is 10.2. The summed E-state index contributed by atoms with van der Waals surface area (Å²) >= 11 is 0. The molecule has 0 bridgehead atoms. The second-order valence-electron chi connectivity index (χ2n) is 7.89. The molecule has 0 aliphatic carbocycles. The van der Waals surface area contributed by atoms with Crippen molar-refractivity contribution in [1.82, 2.24) is 29.6 Å². The lowest BCUT2D eigenvalue weighted by molar-refractivity contribution is -0.142. The highest BCUT2D eigenvalue weighted by atomic mass is 16.5. The Bertz CT molecular complexity index is 1130. The standard InChI is InChI=1S/C21H23N7O2/c1-30-19-6-15(10-28-20(19)16(7-22)8-25-28)17-9-24-27(11-17)18-12-26(13-18)21(29)14-2-4-23-5-3-14/h6,8-11,14,18,23H,2-5,12-13H2,1H3. The molecule has 2 saturated heterocycles. The van der Waals surface area contributed by atoms with Gasteiger partial charge in [-0.25, -0.2) is 4.52 Å². The van der Waals surface area contributed by atoms with E-state index in [0.29, 0.717) is 29.9 Å². The Hall–Kier alpha value is -3.38. The molecule has 2 aliphatic rings. The van der Waals surface area contributed by atoms with Gasteiger partial charge >= 0.3 is 0 Å². The fraction of sp³-hybridized carbons (Fsp3) is 0.429. The fourth-order valence-electron chi connectivity index (χ4n) is 4.30. The Morgan fingerprint density at radius 2 is 2.00 bits per heavy atom. The lowest BCUT2D eigenvalue weighted by Crippen LogP contribution is -2.53. The van der Waals surface area contributed by atoms with Gasteiger partial charge in [-0.3, -0.25) is 9.48 Å². The van der Waals surface area contributed by atoms with Gasteiger partial charge in [0.1, 0.15) is 22.9 Å². The smallest absolute Gasteiger partial charge is 0.225 e. The molecule has 0 unspecified atom stereocenters. The Balaban J connectivity index is 1.32. The number of likely N-dealkylation sites (tertiary alicyclic amines) is 1. The molecule has 2 fully saturated rings. The number of fused-ring (bicyclic) bond motifs is 1. The van der Waals surface area contributed by atoms with Crippen LogP contribution in [-0.2, 0) is 4.79 Å². The maximum Gasteiger partial charge on any atom is 0.225 e. The van der Waals surface area contributed by atoms with Crippen LogP contribution in [0.3, 0.4) is 0 Å². The first kappa shape index (κ1) is 18.6. The molecule has 3 aromatic heterocycles. The number of amides is 1. The number of rotatable bonds is 4. The number of nitriles is 1. The largest absolute Gasteiger partial charge is 0.494 e. The van der Waals surface area contributed by atoms with Crippen LogP contribution in [0.25, 0.3) is 16.6 Å². The van der Waals surface area contributed by atoms with Gasteiger partial charge in [0, 0.05) is 42.5 Å². The van der Waals surface area contributed by atoms with E-state index in [0.717, 1.165) is 37.1 Å². The Kier molecular flexibility index (Phi) is 4.64. The van der Waals surface area contributed by atoms with Crippen LogP contribution in [0.2, 0.25) is 0 Å². The van der Waals surface area contributed by atoms with Gasteiger partial charge in [0.25, 0.3) is 0 Å². The number of hydrogen-bond donors (Lipinski definition) is 1. The highest BCUT2D eigenvalue weighted by molar-refractivity contribution is 5.80. The zero-order chi connectivity index (χ0) is 20.7. The average molecular weight is 405 g/mol. The van der Waals surface area contributed by atoms with Crippen LogP contribution >= 0.6 is 0 Å². The zero-order valence-electron chi connectivity index (χ0n) is 16.8. The van der Waals surface area contributed by atoms with Crippen molar-refractivity contribution in [3.05, 3.63) is 36.4 Å². The Morgan fingerprint density at radius 3 is 2.73 bits per heavy atom. The minimum atomic E-state index is 0.159. The maximum absolute atomic E-state index is 12.6. The number of piperidine rings is 1. The molecule has 0 radical (unpaired) electrons. The van der Waals surface area contributed by atoms with Gasteiger partial charge in [-0.15, -0.1) is 0 Å². The normalized spacial score (nSPS) is 17.7. The highest BCUT2D eigenvalue weighted by Crippen LogP contribution is 2.31. The number of methoxy groups -OCH3 is 1. The number of carbonyl (C=O) groups excluding carboxylic acids is 1. The van der Waals surface area contributed by atoms with Crippen LogP contribution in [0.4, 0.5) is 0 Å². The molecule has 30 heavy (non-hydrogen) atoms. The second-order valence-corrected chi connectivity index (χ2v) is 7.89. The number of aromatic nitrogens is 4. The van der Waals surface area contributed by atoms with E-state index in [-0.39, 0.29) is 17.9 Å². The summed E-state index contributed by atoms with van der Waals surface area (Å²) in [4.78, 5) is 14.6. The Morgan fingerprint density at radius 1 is 1.20 bits per heavy atom. The van der Waals surface area contributed by atoms with Crippen molar-refractivity contribution in [1.29, 1.82) is 5.26 Å². The summed E-state index contributed by atoms with van der Waals surface area (Å²) in [5.74, 6) is 1.03. The molecule has 3 aromatic rings. The van der Waals surface area contributed by atoms with Crippen LogP contribution in [0.1, 0.15) is 24.4 Å².